The number of piperazine rings is 1. The summed E-state index contributed by atoms with van der Waals surface area (Å²) < 4.78 is 43.1. The number of primary amides is 1. The monoisotopic (exact) mass is 443 g/mol. The Hall–Kier alpha value is -1.96. The minimum absolute atomic E-state index is 0.118. The van der Waals surface area contributed by atoms with Gasteiger partial charge in [0, 0.05) is 30.8 Å². The molecule has 2 aliphatic carbocycles. The number of carbonyl (C=O) groups excluding carboxylic acids is 2. The molecule has 1 saturated heterocycles. The Morgan fingerprint density at radius 1 is 1.30 bits per heavy atom. The molecule has 1 aromatic rings. The maximum absolute atomic E-state index is 14.6. The molecular weight excluding hydrogens is 419 g/mol. The van der Waals surface area contributed by atoms with E-state index in [9.17, 15) is 22.8 Å². The van der Waals surface area contributed by atoms with Gasteiger partial charge in [-0.05, 0) is 56.2 Å². The quantitative estimate of drug-likeness (QED) is 0.743. The summed E-state index contributed by atoms with van der Waals surface area (Å²) >= 11 is 6.03. The van der Waals surface area contributed by atoms with Crippen molar-refractivity contribution in [1.29, 1.82) is 0 Å². The van der Waals surface area contributed by atoms with Gasteiger partial charge in [-0.25, -0.2) is 18.0 Å². The first-order chi connectivity index (χ1) is 14.1. The molecule has 2 bridgehead atoms. The third-order valence-corrected chi connectivity index (χ3v) is 7.70. The Kier molecular flexibility index (Phi) is 5.19. The van der Waals surface area contributed by atoms with Crippen molar-refractivity contribution in [3.8, 4) is 0 Å². The first kappa shape index (κ1) is 21.3. The predicted molar refractivity (Wildman–Crippen MR) is 106 cm³/mol. The Balaban J connectivity index is 1.83. The number of nitrogens with one attached hydrogen (secondary N) is 1. The molecule has 3 amide bonds. The van der Waals surface area contributed by atoms with E-state index in [0.717, 1.165) is 0 Å². The molecule has 9 heteroatoms. The molecule has 4 atom stereocenters. The molecule has 3 aliphatic rings. The molecule has 3 N–H and O–H groups in total. The van der Waals surface area contributed by atoms with E-state index >= 15 is 0 Å². The van der Waals surface area contributed by atoms with Gasteiger partial charge < -0.3 is 16.0 Å². The maximum atomic E-state index is 14.6. The van der Waals surface area contributed by atoms with Crippen molar-refractivity contribution in [1.82, 2.24) is 10.2 Å². The van der Waals surface area contributed by atoms with Crippen molar-refractivity contribution in [3.05, 3.63) is 34.6 Å². The van der Waals surface area contributed by atoms with Crippen LogP contribution in [0.2, 0.25) is 5.02 Å². The van der Waals surface area contributed by atoms with Crippen LogP contribution in [0.25, 0.3) is 0 Å². The van der Waals surface area contributed by atoms with Crippen LogP contribution in [-0.4, -0.2) is 41.4 Å². The molecule has 3 unspecified atom stereocenters. The molecule has 1 heterocycles. The molecule has 4 rings (SSSR count). The lowest BCUT2D eigenvalue weighted by atomic mass is 9.63. The average Bonchev–Trinajstić information content (AvgIpc) is 2.84. The van der Waals surface area contributed by atoms with Crippen LogP contribution in [0.4, 0.5) is 18.0 Å². The topological polar surface area (TPSA) is 75.4 Å². The summed E-state index contributed by atoms with van der Waals surface area (Å²) in [4.78, 5) is 26.7. The Bertz CT molecular complexity index is 867. The van der Waals surface area contributed by atoms with Gasteiger partial charge in [-0.15, -0.1) is 0 Å². The van der Waals surface area contributed by atoms with Crippen LogP contribution in [0.1, 0.15) is 44.1 Å². The molecule has 164 valence electrons. The zero-order valence-electron chi connectivity index (χ0n) is 16.6. The van der Waals surface area contributed by atoms with E-state index in [4.69, 9.17) is 17.3 Å². The first-order valence-corrected chi connectivity index (χ1v) is 10.6. The minimum Gasteiger partial charge on any atom is -0.352 e. The smallest absolute Gasteiger partial charge is 0.315 e. The number of hydrogen-bond acceptors (Lipinski definition) is 2. The molecule has 0 spiro atoms. The Labute approximate surface area is 178 Å². The molecule has 0 aromatic heterocycles. The van der Waals surface area contributed by atoms with Crippen LogP contribution < -0.4 is 11.1 Å². The molecular formula is C21H25ClF3N3O2. The lowest BCUT2D eigenvalue weighted by Gasteiger charge is -2.51. The van der Waals surface area contributed by atoms with Crippen LogP contribution in [-0.2, 0) is 4.79 Å². The number of amides is 3. The third kappa shape index (κ3) is 3.15. The molecule has 5 nitrogen and oxygen atoms in total. The summed E-state index contributed by atoms with van der Waals surface area (Å²) in [7, 11) is 0. The van der Waals surface area contributed by atoms with Crippen LogP contribution in [0.3, 0.4) is 0 Å². The number of hydrogen-bond donors (Lipinski definition) is 2. The third-order valence-electron chi connectivity index (χ3n) is 7.41. The van der Waals surface area contributed by atoms with Crippen LogP contribution in [0.5, 0.6) is 0 Å². The van der Waals surface area contributed by atoms with E-state index < -0.39 is 47.0 Å². The minimum atomic E-state index is -2.72. The molecule has 1 aromatic carbocycles. The van der Waals surface area contributed by atoms with Crippen LogP contribution in [0.15, 0.2) is 18.2 Å². The van der Waals surface area contributed by atoms with Gasteiger partial charge in [-0.1, -0.05) is 17.7 Å². The number of rotatable bonds is 3. The lowest BCUT2D eigenvalue weighted by molar-refractivity contribution is -0.141. The van der Waals surface area contributed by atoms with Gasteiger partial charge in [0.25, 0.3) is 5.92 Å². The molecule has 1 aliphatic heterocycles. The Morgan fingerprint density at radius 2 is 1.93 bits per heavy atom. The van der Waals surface area contributed by atoms with E-state index in [-0.39, 0.29) is 36.9 Å². The normalized spacial score (nSPS) is 33.8. The summed E-state index contributed by atoms with van der Waals surface area (Å²) in [5.41, 5.74) is 4.76. The van der Waals surface area contributed by atoms with Gasteiger partial charge in [0.1, 0.15) is 11.4 Å². The zero-order valence-corrected chi connectivity index (χ0v) is 17.4. The number of nitrogens with two attached hydrogens (primary N) is 1. The van der Waals surface area contributed by atoms with Gasteiger partial charge in [-0.2, -0.15) is 0 Å². The van der Waals surface area contributed by atoms with Crippen molar-refractivity contribution in [2.24, 2.45) is 23.5 Å². The summed E-state index contributed by atoms with van der Waals surface area (Å²) in [6, 6.07) is 3.40. The Morgan fingerprint density at radius 3 is 2.50 bits per heavy atom. The fraction of sp³-hybridized carbons (Fsp3) is 0.619. The molecule has 3 fully saturated rings. The fourth-order valence-corrected chi connectivity index (χ4v) is 6.18. The van der Waals surface area contributed by atoms with E-state index in [0.29, 0.717) is 18.4 Å². The number of benzene rings is 1. The van der Waals surface area contributed by atoms with Gasteiger partial charge >= 0.3 is 6.03 Å². The number of halogens is 4. The maximum Gasteiger partial charge on any atom is 0.315 e. The van der Waals surface area contributed by atoms with Gasteiger partial charge in [0.05, 0.1) is 5.02 Å². The van der Waals surface area contributed by atoms with Crippen molar-refractivity contribution in [2.45, 2.75) is 50.0 Å². The van der Waals surface area contributed by atoms with E-state index in [1.54, 1.807) is 6.92 Å². The molecule has 0 radical (unpaired) electrons. The molecule has 2 saturated carbocycles. The summed E-state index contributed by atoms with van der Waals surface area (Å²) in [5, 5.41) is 2.67. The number of carbonyl (C=O) groups is 2. The van der Waals surface area contributed by atoms with E-state index in [1.165, 1.54) is 23.1 Å². The van der Waals surface area contributed by atoms with Gasteiger partial charge in [-0.3, -0.25) is 4.79 Å². The van der Waals surface area contributed by atoms with E-state index in [2.05, 4.69) is 5.32 Å². The largest absolute Gasteiger partial charge is 0.352 e. The summed E-state index contributed by atoms with van der Waals surface area (Å²) in [6.45, 7) is 2.07. The number of urea groups is 1. The highest BCUT2D eigenvalue weighted by Gasteiger charge is 2.60. The second kappa shape index (κ2) is 7.32. The van der Waals surface area contributed by atoms with Gasteiger partial charge in [0.2, 0.25) is 5.91 Å². The van der Waals surface area contributed by atoms with Crippen molar-refractivity contribution in [3.63, 3.8) is 0 Å². The summed E-state index contributed by atoms with van der Waals surface area (Å²) in [6.07, 6.45) is 1.32. The SMILES string of the molecule is CC1([C@H](c2ccc(F)c(Cl)c2)C2CC3CCC(C2)C3(F)F)C(=O)NCCN1C(N)=O. The summed E-state index contributed by atoms with van der Waals surface area (Å²) in [5.74, 6) is -6.22. The van der Waals surface area contributed by atoms with Crippen LogP contribution >= 0.6 is 11.6 Å². The highest BCUT2D eigenvalue weighted by Crippen LogP contribution is 2.59. The molecule has 30 heavy (non-hydrogen) atoms. The second-order valence-electron chi connectivity index (χ2n) is 8.92. The van der Waals surface area contributed by atoms with Crippen molar-refractivity contribution in [2.75, 3.05) is 13.1 Å². The van der Waals surface area contributed by atoms with E-state index in [1.807, 2.05) is 0 Å². The number of alkyl halides is 2. The van der Waals surface area contributed by atoms with Gasteiger partial charge in [0.15, 0.2) is 0 Å². The first-order valence-electron chi connectivity index (χ1n) is 10.2. The highest BCUT2D eigenvalue weighted by molar-refractivity contribution is 6.30. The fourth-order valence-electron chi connectivity index (χ4n) is 5.99. The van der Waals surface area contributed by atoms with Crippen molar-refractivity contribution >= 4 is 23.5 Å². The van der Waals surface area contributed by atoms with Crippen molar-refractivity contribution < 1.29 is 22.8 Å². The average molecular weight is 444 g/mol. The predicted octanol–water partition coefficient (Wildman–Crippen LogP) is 3.90. The number of fused-ring (bicyclic) bond motifs is 2. The van der Waals surface area contributed by atoms with Crippen LogP contribution in [0, 0.1) is 23.6 Å². The highest BCUT2D eigenvalue weighted by atomic mass is 35.5. The zero-order chi connectivity index (χ0) is 21.8. The second-order valence-corrected chi connectivity index (χ2v) is 9.33. The standard InChI is InChI=1S/C21H25ClF3N3O2/c1-20(18(29)27-6-7-28(20)19(26)30)17(11-2-5-16(23)15(22)10-11)12-8-13-3-4-14(9-12)21(13,24)25/h2,5,10,12-14,17H,3-4,6-9H2,1H3,(H2,26,30)(H,27,29)/t12?,13?,14?,17-,20?/m1/s1. The lowest BCUT2D eigenvalue weighted by Crippen LogP contribution is -2.69. The number of nitrogens with zero attached hydrogens (tertiary/aromatic N) is 1.